The number of carbonyl (C=O) groups excluding carboxylic acids is 2. The van der Waals surface area contributed by atoms with Gasteiger partial charge in [0.05, 0.1) is 19.8 Å². The Morgan fingerprint density at radius 2 is 1.75 bits per heavy atom. The largest absolute Gasteiger partial charge is 0.497 e. The van der Waals surface area contributed by atoms with Gasteiger partial charge in [0.1, 0.15) is 10.8 Å². The smallest absolute Gasteiger partial charge is 0.341 e. The van der Waals surface area contributed by atoms with Crippen LogP contribution in [0.5, 0.6) is 5.75 Å². The lowest BCUT2D eigenvalue weighted by Gasteiger charge is -2.16. The number of aryl methyl sites for hydroxylation is 1. The van der Waals surface area contributed by atoms with Crippen LogP contribution in [0.15, 0.2) is 48.5 Å². The Bertz CT molecular complexity index is 1050. The molecule has 6 heteroatoms. The zero-order chi connectivity index (χ0) is 19.7. The molecule has 1 aromatic heterocycles. The molecule has 2 aromatic carbocycles. The van der Waals surface area contributed by atoms with E-state index in [-0.39, 0.29) is 5.91 Å². The van der Waals surface area contributed by atoms with Crippen LogP contribution < -0.4 is 10.1 Å². The zero-order valence-corrected chi connectivity index (χ0v) is 16.4. The van der Waals surface area contributed by atoms with Gasteiger partial charge in [-0.25, -0.2) is 4.79 Å². The maximum absolute atomic E-state index is 12.7. The van der Waals surface area contributed by atoms with Gasteiger partial charge in [-0.15, -0.1) is 11.3 Å². The fourth-order valence-corrected chi connectivity index (χ4v) is 4.76. The van der Waals surface area contributed by atoms with Crippen LogP contribution in [0.3, 0.4) is 0 Å². The van der Waals surface area contributed by atoms with Gasteiger partial charge in [0.25, 0.3) is 5.91 Å². The van der Waals surface area contributed by atoms with Crippen molar-refractivity contribution in [1.82, 2.24) is 0 Å². The van der Waals surface area contributed by atoms with E-state index in [1.165, 1.54) is 24.0 Å². The highest BCUT2D eigenvalue weighted by Gasteiger charge is 2.29. The molecular weight excluding hydrogens is 374 g/mol. The summed E-state index contributed by atoms with van der Waals surface area (Å²) in [6, 6.07) is 15.0. The molecule has 1 aliphatic rings. The summed E-state index contributed by atoms with van der Waals surface area (Å²) in [5.74, 6) is -0.0309. The van der Waals surface area contributed by atoms with E-state index >= 15 is 0 Å². The number of nitrogens with one attached hydrogen (secondary N) is 1. The highest BCUT2D eigenvalue weighted by Crippen LogP contribution is 2.45. The van der Waals surface area contributed by atoms with Crippen LogP contribution in [-0.4, -0.2) is 26.1 Å². The third-order valence-electron chi connectivity index (χ3n) is 4.88. The van der Waals surface area contributed by atoms with Crippen LogP contribution in [0.4, 0.5) is 5.00 Å². The lowest BCUT2D eigenvalue weighted by atomic mass is 9.89. The van der Waals surface area contributed by atoms with Crippen molar-refractivity contribution in [1.29, 1.82) is 0 Å². The Kier molecular flexibility index (Phi) is 4.88. The minimum absolute atomic E-state index is 0.278. The highest BCUT2D eigenvalue weighted by molar-refractivity contribution is 7.20. The molecule has 5 nitrogen and oxygen atoms in total. The summed E-state index contributed by atoms with van der Waals surface area (Å²) in [6.07, 6.45) is 1.60. The van der Waals surface area contributed by atoms with E-state index < -0.39 is 5.97 Å². The Morgan fingerprint density at radius 1 is 1.00 bits per heavy atom. The van der Waals surface area contributed by atoms with Crippen molar-refractivity contribution in [3.05, 3.63) is 70.8 Å². The van der Waals surface area contributed by atoms with Crippen molar-refractivity contribution in [2.24, 2.45) is 0 Å². The lowest BCUT2D eigenvalue weighted by molar-refractivity contribution is 0.0601. The number of amides is 1. The van der Waals surface area contributed by atoms with E-state index in [4.69, 9.17) is 9.47 Å². The van der Waals surface area contributed by atoms with Crippen molar-refractivity contribution >= 4 is 28.2 Å². The molecule has 0 radical (unpaired) electrons. The minimum atomic E-state index is -0.429. The second-order valence-corrected chi connectivity index (χ2v) is 7.47. The van der Waals surface area contributed by atoms with Crippen LogP contribution in [0.25, 0.3) is 10.4 Å². The summed E-state index contributed by atoms with van der Waals surface area (Å²) in [5, 5.41) is 3.43. The first-order valence-corrected chi connectivity index (χ1v) is 9.71. The summed E-state index contributed by atoms with van der Waals surface area (Å²) >= 11 is 1.42. The Morgan fingerprint density at radius 3 is 2.46 bits per heavy atom. The van der Waals surface area contributed by atoms with E-state index in [1.54, 1.807) is 31.4 Å². The second kappa shape index (κ2) is 7.48. The predicted octanol–water partition coefficient (Wildman–Crippen LogP) is 4.56. The van der Waals surface area contributed by atoms with Crippen molar-refractivity contribution in [3.8, 4) is 16.2 Å². The predicted molar refractivity (Wildman–Crippen MR) is 109 cm³/mol. The van der Waals surface area contributed by atoms with Crippen LogP contribution in [-0.2, 0) is 17.6 Å². The van der Waals surface area contributed by atoms with E-state index in [0.717, 1.165) is 28.8 Å². The molecule has 0 spiro atoms. The third-order valence-corrected chi connectivity index (χ3v) is 6.06. The van der Waals surface area contributed by atoms with Gasteiger partial charge >= 0.3 is 5.97 Å². The number of benzene rings is 2. The first-order chi connectivity index (χ1) is 13.6. The molecule has 28 heavy (non-hydrogen) atoms. The first kappa shape index (κ1) is 18.3. The maximum Gasteiger partial charge on any atom is 0.341 e. The fourth-order valence-electron chi connectivity index (χ4n) is 3.46. The maximum atomic E-state index is 12.7. The average molecular weight is 393 g/mol. The SMILES string of the molecule is COC(=O)c1c(NC(=O)c2ccc(OC)cc2)sc2c1CCc1ccccc1-2. The number of hydrogen-bond donors (Lipinski definition) is 1. The molecule has 3 aromatic rings. The number of rotatable bonds is 4. The number of carbonyl (C=O) groups is 2. The van der Waals surface area contributed by atoms with Crippen LogP contribution in [0.1, 0.15) is 31.8 Å². The van der Waals surface area contributed by atoms with Gasteiger partial charge in [-0.1, -0.05) is 24.3 Å². The molecule has 0 saturated heterocycles. The fraction of sp³-hybridized carbons (Fsp3) is 0.182. The summed E-state index contributed by atoms with van der Waals surface area (Å²) in [5.41, 5.74) is 4.26. The topological polar surface area (TPSA) is 64.6 Å². The third kappa shape index (κ3) is 3.16. The molecule has 0 saturated carbocycles. The highest BCUT2D eigenvalue weighted by atomic mass is 32.1. The molecule has 0 atom stereocenters. The Labute approximate surface area is 166 Å². The normalized spacial score (nSPS) is 11.9. The summed E-state index contributed by atoms with van der Waals surface area (Å²) in [7, 11) is 2.93. The Hall–Kier alpha value is -3.12. The number of thiophene rings is 1. The quantitative estimate of drug-likeness (QED) is 0.660. The summed E-state index contributed by atoms with van der Waals surface area (Å²) in [6.45, 7) is 0. The molecule has 0 fully saturated rings. The molecule has 1 amide bonds. The zero-order valence-electron chi connectivity index (χ0n) is 15.6. The molecule has 0 bridgehead atoms. The second-order valence-electron chi connectivity index (χ2n) is 6.45. The van der Waals surface area contributed by atoms with Gasteiger partial charge in [0, 0.05) is 10.4 Å². The lowest BCUT2D eigenvalue weighted by Crippen LogP contribution is -2.15. The number of ether oxygens (including phenoxy) is 2. The van der Waals surface area contributed by atoms with Gasteiger partial charge < -0.3 is 14.8 Å². The van der Waals surface area contributed by atoms with Crippen molar-refractivity contribution < 1.29 is 19.1 Å². The Balaban J connectivity index is 1.73. The van der Waals surface area contributed by atoms with Crippen molar-refractivity contribution in [2.75, 3.05) is 19.5 Å². The minimum Gasteiger partial charge on any atom is -0.497 e. The van der Waals surface area contributed by atoms with Crippen molar-refractivity contribution in [2.45, 2.75) is 12.8 Å². The number of esters is 1. The molecule has 0 aliphatic heterocycles. The van der Waals surface area contributed by atoms with Gasteiger partial charge in [-0.05, 0) is 53.8 Å². The van der Waals surface area contributed by atoms with Crippen molar-refractivity contribution in [3.63, 3.8) is 0 Å². The van der Waals surface area contributed by atoms with E-state index in [2.05, 4.69) is 17.4 Å². The molecule has 142 valence electrons. The van der Waals surface area contributed by atoms with Crippen LogP contribution >= 0.6 is 11.3 Å². The molecule has 1 heterocycles. The summed E-state index contributed by atoms with van der Waals surface area (Å²) < 4.78 is 10.1. The monoisotopic (exact) mass is 393 g/mol. The van der Waals surface area contributed by atoms with Gasteiger partial charge in [-0.2, -0.15) is 0 Å². The molecule has 0 unspecified atom stereocenters. The average Bonchev–Trinajstić information content (AvgIpc) is 3.11. The number of hydrogen-bond acceptors (Lipinski definition) is 5. The molecule has 1 aliphatic carbocycles. The number of methoxy groups -OCH3 is 2. The van der Waals surface area contributed by atoms with E-state index in [0.29, 0.717) is 21.9 Å². The first-order valence-electron chi connectivity index (χ1n) is 8.90. The van der Waals surface area contributed by atoms with E-state index in [1.807, 2.05) is 12.1 Å². The molecule has 4 rings (SSSR count). The molecular formula is C22H19NO4S. The number of fused-ring (bicyclic) bond motifs is 3. The van der Waals surface area contributed by atoms with Crippen LogP contribution in [0.2, 0.25) is 0 Å². The van der Waals surface area contributed by atoms with Gasteiger partial charge in [-0.3, -0.25) is 4.79 Å². The van der Waals surface area contributed by atoms with E-state index in [9.17, 15) is 9.59 Å². The standard InChI is InChI=1S/C22H19NO4S/c1-26-15-10-7-14(8-11-15)20(24)23-21-18(22(25)27-2)17-12-9-13-5-3-4-6-16(13)19(17)28-21/h3-8,10-11H,9,12H2,1-2H3,(H,23,24). The van der Waals surface area contributed by atoms with Gasteiger partial charge in [0.2, 0.25) is 0 Å². The molecule has 1 N–H and O–H groups in total. The summed E-state index contributed by atoms with van der Waals surface area (Å²) in [4.78, 5) is 26.3. The van der Waals surface area contributed by atoms with Crippen LogP contribution in [0, 0.1) is 0 Å². The number of anilines is 1. The van der Waals surface area contributed by atoms with Gasteiger partial charge in [0.15, 0.2) is 0 Å².